The number of carbonyl (C=O) groups excluding carboxylic acids is 1. The summed E-state index contributed by atoms with van der Waals surface area (Å²) >= 11 is 5.46. The largest absolute Gasteiger partial charge is 0.335 e. The Morgan fingerprint density at radius 2 is 2.20 bits per heavy atom. The number of alkyl halides is 2. The van der Waals surface area contributed by atoms with Crippen LogP contribution in [0.15, 0.2) is 12.1 Å². The van der Waals surface area contributed by atoms with Crippen LogP contribution in [0.5, 0.6) is 0 Å². The maximum Gasteiger partial charge on any atom is 0.274 e. The van der Waals surface area contributed by atoms with E-state index in [9.17, 15) is 13.6 Å². The van der Waals surface area contributed by atoms with E-state index >= 15 is 0 Å². The molecule has 0 bridgehead atoms. The van der Waals surface area contributed by atoms with Crippen molar-refractivity contribution < 1.29 is 13.6 Å². The van der Waals surface area contributed by atoms with Crippen LogP contribution in [0.1, 0.15) is 10.5 Å². The van der Waals surface area contributed by atoms with Gasteiger partial charge in [0, 0.05) is 7.05 Å². The predicted molar refractivity (Wildman–Crippen MR) is 50.0 cm³/mol. The molecule has 15 heavy (non-hydrogen) atoms. The van der Waals surface area contributed by atoms with Crippen LogP contribution in [0.3, 0.4) is 0 Å². The summed E-state index contributed by atoms with van der Waals surface area (Å²) in [6.07, 6.45) is -2.57. The van der Waals surface area contributed by atoms with Crippen LogP contribution in [0.2, 0.25) is 5.15 Å². The normalized spacial score (nSPS) is 10.5. The van der Waals surface area contributed by atoms with Crippen molar-refractivity contribution in [3.05, 3.63) is 23.0 Å². The zero-order valence-corrected chi connectivity index (χ0v) is 8.58. The predicted octanol–water partition coefficient (Wildman–Crippen LogP) is 1.47. The first-order valence-corrected chi connectivity index (χ1v) is 4.41. The minimum Gasteiger partial charge on any atom is -0.335 e. The molecular weight excluding hydrogens is 228 g/mol. The number of carbonyl (C=O) groups is 1. The standard InChI is InChI=1S/C8H8ClF2N3O/c1-14(4-7(10)11)8(15)5-2-3-6(9)13-12-5/h2-3,7H,4H2,1H3. The van der Waals surface area contributed by atoms with Crippen molar-refractivity contribution in [3.63, 3.8) is 0 Å². The molecule has 0 spiro atoms. The highest BCUT2D eigenvalue weighted by molar-refractivity contribution is 6.29. The van der Waals surface area contributed by atoms with Crippen molar-refractivity contribution in [2.24, 2.45) is 0 Å². The van der Waals surface area contributed by atoms with Gasteiger partial charge in [-0.05, 0) is 12.1 Å². The number of hydrogen-bond acceptors (Lipinski definition) is 3. The summed E-state index contributed by atoms with van der Waals surface area (Å²) in [6, 6.07) is 2.71. The van der Waals surface area contributed by atoms with E-state index in [2.05, 4.69) is 10.2 Å². The number of halogens is 3. The molecule has 0 radical (unpaired) electrons. The number of aromatic nitrogens is 2. The second-order valence-electron chi connectivity index (χ2n) is 2.82. The Morgan fingerprint density at radius 3 is 2.67 bits per heavy atom. The van der Waals surface area contributed by atoms with Crippen molar-refractivity contribution >= 4 is 17.5 Å². The van der Waals surface area contributed by atoms with E-state index in [4.69, 9.17) is 11.6 Å². The van der Waals surface area contributed by atoms with Crippen LogP contribution >= 0.6 is 11.6 Å². The third kappa shape index (κ3) is 3.39. The third-order valence-corrected chi connectivity index (χ3v) is 1.81. The van der Waals surface area contributed by atoms with Gasteiger partial charge in [-0.3, -0.25) is 4.79 Å². The van der Waals surface area contributed by atoms with E-state index in [-0.39, 0.29) is 10.8 Å². The summed E-state index contributed by atoms with van der Waals surface area (Å²) in [4.78, 5) is 12.3. The number of hydrogen-bond donors (Lipinski definition) is 0. The summed E-state index contributed by atoms with van der Waals surface area (Å²) in [5, 5.41) is 7.07. The third-order valence-electron chi connectivity index (χ3n) is 1.61. The molecule has 0 atom stereocenters. The Labute approximate surface area is 89.9 Å². The quantitative estimate of drug-likeness (QED) is 0.797. The average molecular weight is 236 g/mol. The van der Waals surface area contributed by atoms with Gasteiger partial charge in [-0.1, -0.05) is 11.6 Å². The molecule has 7 heteroatoms. The fourth-order valence-electron chi connectivity index (χ4n) is 0.916. The van der Waals surface area contributed by atoms with Crippen molar-refractivity contribution in [2.75, 3.05) is 13.6 Å². The topological polar surface area (TPSA) is 46.1 Å². The lowest BCUT2D eigenvalue weighted by Crippen LogP contribution is -2.31. The zero-order valence-electron chi connectivity index (χ0n) is 7.82. The van der Waals surface area contributed by atoms with Crippen LogP contribution < -0.4 is 0 Å². The molecule has 0 fully saturated rings. The smallest absolute Gasteiger partial charge is 0.274 e. The van der Waals surface area contributed by atoms with Gasteiger partial charge in [0.05, 0.1) is 6.54 Å². The van der Waals surface area contributed by atoms with Crippen molar-refractivity contribution in [1.29, 1.82) is 0 Å². The molecule has 0 aliphatic carbocycles. The van der Waals surface area contributed by atoms with E-state index in [0.717, 1.165) is 4.90 Å². The molecule has 0 aliphatic rings. The molecule has 0 saturated carbocycles. The number of rotatable bonds is 3. The van der Waals surface area contributed by atoms with Gasteiger partial charge >= 0.3 is 0 Å². The lowest BCUT2D eigenvalue weighted by Gasteiger charge is -2.15. The van der Waals surface area contributed by atoms with Gasteiger partial charge < -0.3 is 4.90 Å². The first-order valence-electron chi connectivity index (χ1n) is 4.03. The molecule has 4 nitrogen and oxygen atoms in total. The number of amides is 1. The second-order valence-corrected chi connectivity index (χ2v) is 3.21. The Hall–Kier alpha value is -1.30. The average Bonchev–Trinajstić information content (AvgIpc) is 2.17. The van der Waals surface area contributed by atoms with E-state index in [1.54, 1.807) is 0 Å². The second kappa shape index (κ2) is 4.97. The van der Waals surface area contributed by atoms with Gasteiger partial charge in [0.15, 0.2) is 10.8 Å². The zero-order chi connectivity index (χ0) is 11.4. The summed E-state index contributed by atoms with van der Waals surface area (Å²) < 4.78 is 23.9. The Morgan fingerprint density at radius 1 is 1.53 bits per heavy atom. The molecule has 0 aromatic carbocycles. The highest BCUT2D eigenvalue weighted by Crippen LogP contribution is 2.05. The van der Waals surface area contributed by atoms with Crippen LogP contribution in [-0.4, -0.2) is 41.0 Å². The van der Waals surface area contributed by atoms with Gasteiger partial charge in [-0.15, -0.1) is 10.2 Å². The summed E-state index contributed by atoms with van der Waals surface area (Å²) in [5.41, 5.74) is -0.0115. The highest BCUT2D eigenvalue weighted by Gasteiger charge is 2.17. The van der Waals surface area contributed by atoms with Crippen LogP contribution in [-0.2, 0) is 0 Å². The molecule has 0 unspecified atom stereocenters. The molecule has 82 valence electrons. The lowest BCUT2D eigenvalue weighted by atomic mass is 10.3. The van der Waals surface area contributed by atoms with Gasteiger partial charge in [0.25, 0.3) is 12.3 Å². The maximum atomic E-state index is 12.0. The minimum atomic E-state index is -2.57. The van der Waals surface area contributed by atoms with E-state index in [1.165, 1.54) is 19.2 Å². The minimum absolute atomic E-state index is 0.0115. The summed E-state index contributed by atoms with van der Waals surface area (Å²) in [5.74, 6) is -0.612. The molecule has 0 aliphatic heterocycles. The number of nitrogens with zero attached hydrogens (tertiary/aromatic N) is 3. The lowest BCUT2D eigenvalue weighted by molar-refractivity contribution is 0.0614. The molecule has 1 aromatic rings. The van der Waals surface area contributed by atoms with E-state index in [1.807, 2.05) is 0 Å². The first kappa shape index (κ1) is 11.8. The fraction of sp³-hybridized carbons (Fsp3) is 0.375. The molecule has 0 saturated heterocycles. The Kier molecular flexibility index (Phi) is 3.90. The molecule has 1 amide bonds. The van der Waals surface area contributed by atoms with Crippen LogP contribution in [0.25, 0.3) is 0 Å². The Bertz CT molecular complexity index is 344. The molecular formula is C8H8ClF2N3O. The molecule has 0 N–H and O–H groups in total. The van der Waals surface area contributed by atoms with Gasteiger partial charge in [-0.25, -0.2) is 8.78 Å². The molecule has 1 heterocycles. The Balaban J connectivity index is 2.72. The van der Waals surface area contributed by atoms with E-state index < -0.39 is 18.9 Å². The first-order chi connectivity index (χ1) is 7.00. The van der Waals surface area contributed by atoms with Gasteiger partial charge in [0.2, 0.25) is 0 Å². The van der Waals surface area contributed by atoms with E-state index in [0.29, 0.717) is 0 Å². The summed E-state index contributed by atoms with van der Waals surface area (Å²) in [7, 11) is 1.27. The SMILES string of the molecule is CN(CC(F)F)C(=O)c1ccc(Cl)nn1. The van der Waals surface area contributed by atoms with Crippen LogP contribution in [0.4, 0.5) is 8.78 Å². The van der Waals surface area contributed by atoms with Crippen molar-refractivity contribution in [2.45, 2.75) is 6.43 Å². The van der Waals surface area contributed by atoms with Crippen molar-refractivity contribution in [3.8, 4) is 0 Å². The summed E-state index contributed by atoms with van der Waals surface area (Å²) in [6.45, 7) is -0.636. The highest BCUT2D eigenvalue weighted by atomic mass is 35.5. The van der Waals surface area contributed by atoms with Gasteiger partial charge in [0.1, 0.15) is 0 Å². The molecule has 1 rings (SSSR count). The van der Waals surface area contributed by atoms with Crippen LogP contribution in [0, 0.1) is 0 Å². The fourth-order valence-corrected chi connectivity index (χ4v) is 1.02. The maximum absolute atomic E-state index is 12.0. The van der Waals surface area contributed by atoms with Crippen molar-refractivity contribution in [1.82, 2.24) is 15.1 Å². The monoisotopic (exact) mass is 235 g/mol. The molecule has 1 aromatic heterocycles. The van der Waals surface area contributed by atoms with Gasteiger partial charge in [-0.2, -0.15) is 0 Å².